The molecule has 0 N–H and O–H groups in total. The zero-order valence-corrected chi connectivity index (χ0v) is 10.4. The van der Waals surface area contributed by atoms with E-state index in [2.05, 4.69) is 21.0 Å². The van der Waals surface area contributed by atoms with E-state index in [9.17, 15) is 13.2 Å². The summed E-state index contributed by atoms with van der Waals surface area (Å²) in [5, 5.41) is 3.90. The van der Waals surface area contributed by atoms with Gasteiger partial charge in [0, 0.05) is 0 Å². The molecule has 0 atom stereocenters. The van der Waals surface area contributed by atoms with E-state index in [-0.39, 0.29) is 4.47 Å². The Hall–Kier alpha value is -1.30. The summed E-state index contributed by atoms with van der Waals surface area (Å²) >= 11 is 2.93. The standard InChI is InChI=1S/C11H8BrF3N2/c1-7-9(12)10(11(13,14)15)17(16-7)8-5-3-2-4-6-8/h2-6H,1H3. The summed E-state index contributed by atoms with van der Waals surface area (Å²) in [6.45, 7) is 1.53. The van der Waals surface area contributed by atoms with Crippen molar-refractivity contribution in [2.75, 3.05) is 0 Å². The van der Waals surface area contributed by atoms with Gasteiger partial charge in [0.1, 0.15) is 0 Å². The van der Waals surface area contributed by atoms with Crippen LogP contribution in [0.5, 0.6) is 0 Å². The molecule has 6 heteroatoms. The van der Waals surface area contributed by atoms with Crippen LogP contribution >= 0.6 is 15.9 Å². The number of nitrogens with zero attached hydrogens (tertiary/aromatic N) is 2. The highest BCUT2D eigenvalue weighted by Crippen LogP contribution is 2.37. The third kappa shape index (κ3) is 2.22. The minimum absolute atomic E-state index is 0.0196. The lowest BCUT2D eigenvalue weighted by molar-refractivity contribution is -0.143. The van der Waals surface area contributed by atoms with Crippen LogP contribution in [0.3, 0.4) is 0 Å². The van der Waals surface area contributed by atoms with Crippen molar-refractivity contribution in [1.82, 2.24) is 9.78 Å². The van der Waals surface area contributed by atoms with Crippen molar-refractivity contribution in [1.29, 1.82) is 0 Å². The summed E-state index contributed by atoms with van der Waals surface area (Å²) in [6, 6.07) is 8.23. The summed E-state index contributed by atoms with van der Waals surface area (Å²) in [5.41, 5.74) is -0.101. The van der Waals surface area contributed by atoms with Gasteiger partial charge >= 0.3 is 6.18 Å². The van der Waals surface area contributed by atoms with Gasteiger partial charge in [0.15, 0.2) is 5.69 Å². The molecule has 1 aromatic heterocycles. The third-order valence-corrected chi connectivity index (χ3v) is 3.21. The lowest BCUT2D eigenvalue weighted by atomic mass is 10.3. The first-order chi connectivity index (χ1) is 7.91. The Morgan fingerprint density at radius 2 is 1.76 bits per heavy atom. The second kappa shape index (κ2) is 4.18. The van der Waals surface area contributed by atoms with Crippen LogP contribution in [-0.2, 0) is 6.18 Å². The summed E-state index contributed by atoms with van der Waals surface area (Å²) in [4.78, 5) is 0. The van der Waals surface area contributed by atoms with Crippen molar-refractivity contribution in [2.24, 2.45) is 0 Å². The van der Waals surface area contributed by atoms with Gasteiger partial charge in [0.05, 0.1) is 15.9 Å². The third-order valence-electron chi connectivity index (χ3n) is 2.26. The molecular weight excluding hydrogens is 297 g/mol. The van der Waals surface area contributed by atoms with Crippen LogP contribution in [0.2, 0.25) is 0 Å². The molecule has 0 bridgehead atoms. The van der Waals surface area contributed by atoms with E-state index in [0.29, 0.717) is 11.4 Å². The largest absolute Gasteiger partial charge is 0.434 e. The molecule has 1 heterocycles. The number of aryl methyl sites for hydroxylation is 1. The van der Waals surface area contributed by atoms with Gasteiger partial charge < -0.3 is 0 Å². The van der Waals surface area contributed by atoms with E-state index < -0.39 is 11.9 Å². The van der Waals surface area contributed by atoms with Crippen LogP contribution in [-0.4, -0.2) is 9.78 Å². The van der Waals surface area contributed by atoms with Gasteiger partial charge in [-0.15, -0.1) is 0 Å². The molecule has 0 amide bonds. The molecule has 0 unspecified atom stereocenters. The topological polar surface area (TPSA) is 17.8 Å². The number of hydrogen-bond donors (Lipinski definition) is 0. The predicted molar refractivity (Wildman–Crippen MR) is 61.0 cm³/mol. The Labute approximate surface area is 104 Å². The molecule has 0 spiro atoms. The second-order valence-electron chi connectivity index (χ2n) is 3.49. The Kier molecular flexibility index (Phi) is 2.99. The van der Waals surface area contributed by atoms with Crippen LogP contribution in [0.15, 0.2) is 34.8 Å². The summed E-state index contributed by atoms with van der Waals surface area (Å²) in [5.74, 6) is 0. The van der Waals surface area contributed by atoms with Gasteiger partial charge in [-0.3, -0.25) is 0 Å². The lowest BCUT2D eigenvalue weighted by Crippen LogP contribution is -2.13. The number of para-hydroxylation sites is 1. The van der Waals surface area contributed by atoms with Gasteiger partial charge in [-0.05, 0) is 35.0 Å². The molecule has 2 rings (SSSR count). The van der Waals surface area contributed by atoms with Crippen LogP contribution in [0.25, 0.3) is 5.69 Å². The molecule has 0 fully saturated rings. The maximum absolute atomic E-state index is 12.9. The SMILES string of the molecule is Cc1nn(-c2ccccc2)c(C(F)(F)F)c1Br. The van der Waals surface area contributed by atoms with E-state index >= 15 is 0 Å². The fraction of sp³-hybridized carbons (Fsp3) is 0.182. The smallest absolute Gasteiger partial charge is 0.227 e. The first-order valence-corrected chi connectivity index (χ1v) is 5.58. The number of alkyl halides is 3. The molecule has 0 saturated carbocycles. The molecular formula is C11H8BrF3N2. The van der Waals surface area contributed by atoms with Crippen molar-refractivity contribution < 1.29 is 13.2 Å². The molecule has 17 heavy (non-hydrogen) atoms. The number of halogens is 4. The highest BCUT2D eigenvalue weighted by Gasteiger charge is 2.39. The molecule has 0 radical (unpaired) electrons. The monoisotopic (exact) mass is 304 g/mol. The Morgan fingerprint density at radius 3 is 2.29 bits per heavy atom. The molecule has 2 nitrogen and oxygen atoms in total. The molecule has 0 saturated heterocycles. The number of aromatic nitrogens is 2. The van der Waals surface area contributed by atoms with Crippen molar-refractivity contribution in [3.05, 3.63) is 46.2 Å². The summed E-state index contributed by atoms with van der Waals surface area (Å²) < 4.78 is 39.6. The van der Waals surface area contributed by atoms with E-state index in [1.54, 1.807) is 30.3 Å². The lowest BCUT2D eigenvalue weighted by Gasteiger charge is -2.10. The maximum Gasteiger partial charge on any atom is 0.434 e. The molecule has 0 aliphatic heterocycles. The van der Waals surface area contributed by atoms with E-state index in [1.807, 2.05) is 0 Å². The maximum atomic E-state index is 12.9. The van der Waals surface area contributed by atoms with Crippen LogP contribution in [0.1, 0.15) is 11.4 Å². The highest BCUT2D eigenvalue weighted by molar-refractivity contribution is 9.10. The molecule has 0 aliphatic rings. The fourth-order valence-electron chi connectivity index (χ4n) is 1.51. The average Bonchev–Trinajstić information content (AvgIpc) is 2.56. The van der Waals surface area contributed by atoms with Gasteiger partial charge in [0.25, 0.3) is 0 Å². The molecule has 1 aromatic carbocycles. The van der Waals surface area contributed by atoms with E-state index in [1.165, 1.54) is 6.92 Å². The van der Waals surface area contributed by atoms with E-state index in [0.717, 1.165) is 4.68 Å². The van der Waals surface area contributed by atoms with Crippen LogP contribution in [0, 0.1) is 6.92 Å². The quantitative estimate of drug-likeness (QED) is 0.780. The second-order valence-corrected chi connectivity index (χ2v) is 4.29. The molecule has 0 aliphatic carbocycles. The molecule has 2 aromatic rings. The number of benzene rings is 1. The highest BCUT2D eigenvalue weighted by atomic mass is 79.9. The molecule has 90 valence electrons. The number of rotatable bonds is 1. The minimum Gasteiger partial charge on any atom is -0.227 e. The Bertz CT molecular complexity index is 532. The zero-order chi connectivity index (χ0) is 12.6. The Balaban J connectivity index is 2.67. The predicted octanol–water partition coefficient (Wildman–Crippen LogP) is 3.96. The average molecular weight is 305 g/mol. The van der Waals surface area contributed by atoms with Crippen LogP contribution in [0.4, 0.5) is 13.2 Å². The van der Waals surface area contributed by atoms with Gasteiger partial charge in [-0.25, -0.2) is 4.68 Å². The van der Waals surface area contributed by atoms with Crippen LogP contribution < -0.4 is 0 Å². The van der Waals surface area contributed by atoms with Gasteiger partial charge in [0.2, 0.25) is 0 Å². The fourth-order valence-corrected chi connectivity index (χ4v) is 1.98. The van der Waals surface area contributed by atoms with Crippen molar-refractivity contribution >= 4 is 15.9 Å². The van der Waals surface area contributed by atoms with Crippen molar-refractivity contribution in [3.63, 3.8) is 0 Å². The van der Waals surface area contributed by atoms with Crippen molar-refractivity contribution in [2.45, 2.75) is 13.1 Å². The Morgan fingerprint density at radius 1 is 1.18 bits per heavy atom. The van der Waals surface area contributed by atoms with Gasteiger partial charge in [-0.1, -0.05) is 18.2 Å². The first-order valence-electron chi connectivity index (χ1n) is 4.79. The normalized spacial score (nSPS) is 11.8. The summed E-state index contributed by atoms with van der Waals surface area (Å²) in [7, 11) is 0. The van der Waals surface area contributed by atoms with Crippen molar-refractivity contribution in [3.8, 4) is 5.69 Å². The minimum atomic E-state index is -4.45. The zero-order valence-electron chi connectivity index (χ0n) is 8.79. The van der Waals surface area contributed by atoms with E-state index in [4.69, 9.17) is 0 Å². The summed E-state index contributed by atoms with van der Waals surface area (Å²) in [6.07, 6.45) is -4.45. The number of hydrogen-bond acceptors (Lipinski definition) is 1. The van der Waals surface area contributed by atoms with Gasteiger partial charge in [-0.2, -0.15) is 18.3 Å². The first kappa shape index (κ1) is 12.2.